The highest BCUT2D eigenvalue weighted by Gasteiger charge is 2.25. The fourth-order valence-electron chi connectivity index (χ4n) is 3.16. The molecule has 1 aromatic heterocycles. The van der Waals surface area contributed by atoms with Crippen LogP contribution < -0.4 is 5.32 Å². The van der Waals surface area contributed by atoms with Gasteiger partial charge in [0.25, 0.3) is 5.91 Å². The van der Waals surface area contributed by atoms with E-state index in [2.05, 4.69) is 31.1 Å². The number of rotatable bonds is 4. The standard InChI is InChI=1S/C16H22BrN3O2/c17-14-2-1-6-18-15(14)16(21)19-13-3-7-20(8-4-13)10-12-5-9-22-11-12/h1-2,6,12-13H,3-5,7-11H2,(H,19,21). The molecule has 1 N–H and O–H groups in total. The normalized spacial score (nSPS) is 23.6. The number of halogens is 1. The quantitative estimate of drug-likeness (QED) is 0.884. The van der Waals surface area contributed by atoms with E-state index in [1.165, 1.54) is 6.42 Å². The second kappa shape index (κ2) is 7.53. The number of piperidine rings is 1. The Bertz CT molecular complexity index is 512. The SMILES string of the molecule is O=C(NC1CCN(CC2CCOC2)CC1)c1ncccc1Br. The summed E-state index contributed by atoms with van der Waals surface area (Å²) >= 11 is 3.38. The molecule has 0 bridgehead atoms. The molecule has 3 rings (SSSR count). The first-order chi connectivity index (χ1) is 10.7. The largest absolute Gasteiger partial charge is 0.381 e. The number of amides is 1. The lowest BCUT2D eigenvalue weighted by molar-refractivity contribution is 0.0897. The summed E-state index contributed by atoms with van der Waals surface area (Å²) in [6.07, 6.45) is 4.84. The van der Waals surface area contributed by atoms with Gasteiger partial charge in [0.05, 0.1) is 6.61 Å². The minimum atomic E-state index is -0.0879. The average molecular weight is 368 g/mol. The van der Waals surface area contributed by atoms with Crippen LogP contribution in [0.25, 0.3) is 0 Å². The number of hydrogen-bond acceptors (Lipinski definition) is 4. The number of nitrogens with zero attached hydrogens (tertiary/aromatic N) is 2. The van der Waals surface area contributed by atoms with Crippen molar-refractivity contribution in [3.8, 4) is 0 Å². The maximum Gasteiger partial charge on any atom is 0.271 e. The zero-order valence-electron chi connectivity index (χ0n) is 12.6. The van der Waals surface area contributed by atoms with Gasteiger partial charge in [0.1, 0.15) is 5.69 Å². The van der Waals surface area contributed by atoms with Crippen molar-refractivity contribution in [3.63, 3.8) is 0 Å². The summed E-state index contributed by atoms with van der Waals surface area (Å²) in [5, 5.41) is 3.11. The molecule has 0 aliphatic carbocycles. The summed E-state index contributed by atoms with van der Waals surface area (Å²) in [5.41, 5.74) is 0.466. The van der Waals surface area contributed by atoms with Crippen LogP contribution in [0.2, 0.25) is 0 Å². The molecule has 6 heteroatoms. The maximum atomic E-state index is 12.3. The third-order valence-electron chi connectivity index (χ3n) is 4.44. The molecule has 2 fully saturated rings. The van der Waals surface area contributed by atoms with Crippen LogP contribution in [0.3, 0.4) is 0 Å². The van der Waals surface area contributed by atoms with Gasteiger partial charge in [-0.2, -0.15) is 0 Å². The van der Waals surface area contributed by atoms with Crippen LogP contribution in [-0.4, -0.2) is 54.7 Å². The molecule has 2 aliphatic heterocycles. The van der Waals surface area contributed by atoms with Gasteiger partial charge in [0.15, 0.2) is 0 Å². The fraction of sp³-hybridized carbons (Fsp3) is 0.625. The number of aromatic nitrogens is 1. The Hall–Kier alpha value is -0.980. The highest BCUT2D eigenvalue weighted by molar-refractivity contribution is 9.10. The minimum Gasteiger partial charge on any atom is -0.381 e. The Kier molecular flexibility index (Phi) is 5.44. The number of pyridine rings is 1. The van der Waals surface area contributed by atoms with E-state index >= 15 is 0 Å². The number of carbonyl (C=O) groups is 1. The zero-order valence-corrected chi connectivity index (χ0v) is 14.2. The van der Waals surface area contributed by atoms with E-state index in [-0.39, 0.29) is 11.9 Å². The van der Waals surface area contributed by atoms with Crippen LogP contribution in [0.15, 0.2) is 22.8 Å². The molecule has 2 saturated heterocycles. The first-order valence-corrected chi connectivity index (χ1v) is 8.73. The molecule has 22 heavy (non-hydrogen) atoms. The van der Waals surface area contributed by atoms with E-state index in [0.29, 0.717) is 11.6 Å². The molecule has 0 saturated carbocycles. The summed E-state index contributed by atoms with van der Waals surface area (Å²) < 4.78 is 6.18. The fourth-order valence-corrected chi connectivity index (χ4v) is 3.59. The van der Waals surface area contributed by atoms with Crippen molar-refractivity contribution in [3.05, 3.63) is 28.5 Å². The van der Waals surface area contributed by atoms with Gasteiger partial charge in [-0.3, -0.25) is 4.79 Å². The van der Waals surface area contributed by atoms with Crippen molar-refractivity contribution in [2.24, 2.45) is 5.92 Å². The molecular weight excluding hydrogens is 346 g/mol. The van der Waals surface area contributed by atoms with E-state index in [1.807, 2.05) is 12.1 Å². The van der Waals surface area contributed by atoms with Crippen LogP contribution in [0, 0.1) is 5.92 Å². The lowest BCUT2D eigenvalue weighted by atomic mass is 10.0. The summed E-state index contributed by atoms with van der Waals surface area (Å²) in [6, 6.07) is 3.90. The Morgan fingerprint density at radius 3 is 2.91 bits per heavy atom. The number of carbonyl (C=O) groups excluding carboxylic acids is 1. The van der Waals surface area contributed by atoms with E-state index in [4.69, 9.17) is 4.74 Å². The van der Waals surface area contributed by atoms with Crippen LogP contribution in [0.1, 0.15) is 29.8 Å². The van der Waals surface area contributed by atoms with E-state index in [0.717, 1.165) is 50.2 Å². The van der Waals surface area contributed by atoms with Crippen molar-refractivity contribution in [2.45, 2.75) is 25.3 Å². The lowest BCUT2D eigenvalue weighted by Crippen LogP contribution is -2.46. The Morgan fingerprint density at radius 2 is 2.23 bits per heavy atom. The van der Waals surface area contributed by atoms with Gasteiger partial charge in [-0.05, 0) is 53.2 Å². The molecule has 0 radical (unpaired) electrons. The molecule has 120 valence electrons. The molecule has 1 atom stereocenters. The van der Waals surface area contributed by atoms with Crippen LogP contribution in [-0.2, 0) is 4.74 Å². The molecule has 1 unspecified atom stereocenters. The van der Waals surface area contributed by atoms with E-state index in [9.17, 15) is 4.79 Å². The molecule has 1 aromatic rings. The zero-order chi connectivity index (χ0) is 15.4. The summed E-state index contributed by atoms with van der Waals surface area (Å²) in [4.78, 5) is 18.9. The molecule has 0 aromatic carbocycles. The highest BCUT2D eigenvalue weighted by atomic mass is 79.9. The molecule has 1 amide bonds. The van der Waals surface area contributed by atoms with Gasteiger partial charge in [-0.25, -0.2) is 4.98 Å². The Labute approximate surface area is 139 Å². The number of likely N-dealkylation sites (tertiary alicyclic amines) is 1. The number of hydrogen-bond donors (Lipinski definition) is 1. The van der Waals surface area contributed by atoms with Gasteiger partial charge in [-0.1, -0.05) is 0 Å². The Morgan fingerprint density at radius 1 is 1.41 bits per heavy atom. The predicted molar refractivity (Wildman–Crippen MR) is 87.8 cm³/mol. The van der Waals surface area contributed by atoms with Crippen LogP contribution in [0.4, 0.5) is 0 Å². The van der Waals surface area contributed by atoms with Crippen molar-refractivity contribution >= 4 is 21.8 Å². The topological polar surface area (TPSA) is 54.5 Å². The van der Waals surface area contributed by atoms with Gasteiger partial charge in [-0.15, -0.1) is 0 Å². The first kappa shape index (κ1) is 15.9. The smallest absolute Gasteiger partial charge is 0.271 e. The number of nitrogens with one attached hydrogen (secondary N) is 1. The maximum absolute atomic E-state index is 12.3. The van der Waals surface area contributed by atoms with Crippen molar-refractivity contribution in [1.82, 2.24) is 15.2 Å². The average Bonchev–Trinajstić information content (AvgIpc) is 3.02. The molecular formula is C16H22BrN3O2. The summed E-state index contributed by atoms with van der Waals surface area (Å²) in [7, 11) is 0. The number of ether oxygens (including phenoxy) is 1. The third kappa shape index (κ3) is 4.06. The summed E-state index contributed by atoms with van der Waals surface area (Å²) in [5.74, 6) is 0.603. The van der Waals surface area contributed by atoms with Gasteiger partial charge >= 0.3 is 0 Å². The third-order valence-corrected chi connectivity index (χ3v) is 5.08. The summed E-state index contributed by atoms with van der Waals surface area (Å²) in [6.45, 7) is 5.04. The Balaban J connectivity index is 1.45. The second-order valence-corrected chi connectivity index (χ2v) is 6.97. The first-order valence-electron chi connectivity index (χ1n) is 7.94. The van der Waals surface area contributed by atoms with Gasteiger partial charge in [0, 0.05) is 43.0 Å². The molecule has 2 aliphatic rings. The van der Waals surface area contributed by atoms with Crippen LogP contribution in [0.5, 0.6) is 0 Å². The van der Waals surface area contributed by atoms with Crippen molar-refractivity contribution in [2.75, 3.05) is 32.8 Å². The monoisotopic (exact) mass is 367 g/mol. The predicted octanol–water partition coefficient (Wildman–Crippen LogP) is 2.07. The van der Waals surface area contributed by atoms with Gasteiger partial charge in [0.2, 0.25) is 0 Å². The van der Waals surface area contributed by atoms with Crippen molar-refractivity contribution in [1.29, 1.82) is 0 Å². The van der Waals surface area contributed by atoms with E-state index < -0.39 is 0 Å². The van der Waals surface area contributed by atoms with Crippen LogP contribution >= 0.6 is 15.9 Å². The van der Waals surface area contributed by atoms with Crippen molar-refractivity contribution < 1.29 is 9.53 Å². The second-order valence-electron chi connectivity index (χ2n) is 6.11. The molecule has 3 heterocycles. The van der Waals surface area contributed by atoms with E-state index in [1.54, 1.807) is 6.20 Å². The molecule has 0 spiro atoms. The minimum absolute atomic E-state index is 0.0879. The van der Waals surface area contributed by atoms with Gasteiger partial charge < -0.3 is 15.0 Å². The lowest BCUT2D eigenvalue weighted by Gasteiger charge is -2.33. The molecule has 5 nitrogen and oxygen atoms in total. The highest BCUT2D eigenvalue weighted by Crippen LogP contribution is 2.18.